The molecule has 3 heterocycles. The number of methoxy groups -OCH3 is 1. The van der Waals surface area contributed by atoms with Crippen LogP contribution >= 0.6 is 0 Å². The van der Waals surface area contributed by atoms with Crippen molar-refractivity contribution in [2.24, 2.45) is 7.05 Å². The first kappa shape index (κ1) is 18.1. The van der Waals surface area contributed by atoms with Crippen molar-refractivity contribution in [3.05, 3.63) is 66.0 Å². The number of amides is 2. The molecule has 4 aromatic rings. The highest BCUT2D eigenvalue weighted by molar-refractivity contribution is 6.50. The first-order chi connectivity index (χ1) is 14.5. The summed E-state index contributed by atoms with van der Waals surface area (Å²) in [6.45, 7) is 0. The lowest BCUT2D eigenvalue weighted by Gasteiger charge is -2.04. The van der Waals surface area contributed by atoms with Gasteiger partial charge in [-0.05, 0) is 18.2 Å². The summed E-state index contributed by atoms with van der Waals surface area (Å²) in [6.07, 6.45) is 3.74. The third-order valence-corrected chi connectivity index (χ3v) is 5.62. The van der Waals surface area contributed by atoms with Crippen molar-refractivity contribution < 1.29 is 14.3 Å². The zero-order valence-electron chi connectivity index (χ0n) is 16.8. The fourth-order valence-electron chi connectivity index (χ4n) is 4.22. The second-order valence-corrected chi connectivity index (χ2v) is 7.22. The molecular formula is C23H20N4O3. The van der Waals surface area contributed by atoms with Crippen LogP contribution in [-0.2, 0) is 16.6 Å². The van der Waals surface area contributed by atoms with E-state index < -0.39 is 0 Å². The molecule has 2 amide bonds. The predicted molar refractivity (Wildman–Crippen MR) is 117 cm³/mol. The van der Waals surface area contributed by atoms with E-state index in [0.717, 1.165) is 33.1 Å². The van der Waals surface area contributed by atoms with Gasteiger partial charge in [-0.25, -0.2) is 0 Å². The molecule has 2 aromatic carbocycles. The van der Waals surface area contributed by atoms with Crippen LogP contribution in [0.15, 0.2) is 54.9 Å². The molecule has 2 N–H and O–H groups in total. The number of aryl methyl sites for hydroxylation is 1. The molecule has 2 aromatic heterocycles. The Labute approximate surface area is 172 Å². The topological polar surface area (TPSA) is 77.3 Å². The molecule has 0 unspecified atom stereocenters. The van der Waals surface area contributed by atoms with Gasteiger partial charge in [-0.1, -0.05) is 18.2 Å². The van der Waals surface area contributed by atoms with Crippen LogP contribution in [0.2, 0.25) is 0 Å². The van der Waals surface area contributed by atoms with E-state index in [1.165, 1.54) is 0 Å². The smallest absolute Gasteiger partial charge is 0.259 e. The van der Waals surface area contributed by atoms with Gasteiger partial charge in [0.05, 0.1) is 29.3 Å². The average molecular weight is 400 g/mol. The van der Waals surface area contributed by atoms with Crippen molar-refractivity contribution in [1.29, 1.82) is 0 Å². The largest absolute Gasteiger partial charge is 0.497 e. The molecule has 0 bridgehead atoms. The van der Waals surface area contributed by atoms with Crippen molar-refractivity contribution in [3.8, 4) is 5.75 Å². The summed E-state index contributed by atoms with van der Waals surface area (Å²) >= 11 is 0. The first-order valence-electron chi connectivity index (χ1n) is 9.55. The predicted octanol–water partition coefficient (Wildman–Crippen LogP) is 2.88. The third kappa shape index (κ3) is 2.45. The van der Waals surface area contributed by atoms with Crippen molar-refractivity contribution >= 4 is 44.8 Å². The van der Waals surface area contributed by atoms with Crippen molar-refractivity contribution in [2.75, 3.05) is 19.6 Å². The number of carbonyl (C=O) groups excluding carboxylic acids is 2. The molecule has 0 atom stereocenters. The Morgan fingerprint density at radius 3 is 2.27 bits per heavy atom. The van der Waals surface area contributed by atoms with E-state index >= 15 is 0 Å². The third-order valence-electron chi connectivity index (χ3n) is 5.62. The molecule has 0 fully saturated rings. The number of hydrogen-bond donors (Lipinski definition) is 2. The van der Waals surface area contributed by atoms with Crippen LogP contribution in [0.25, 0.3) is 33.0 Å². The van der Waals surface area contributed by atoms with Gasteiger partial charge in [-0.3, -0.25) is 19.6 Å². The molecule has 7 heteroatoms. The van der Waals surface area contributed by atoms with Gasteiger partial charge in [0.1, 0.15) is 5.75 Å². The zero-order valence-corrected chi connectivity index (χ0v) is 16.8. The Bertz CT molecular complexity index is 1390. The van der Waals surface area contributed by atoms with E-state index in [0.29, 0.717) is 16.7 Å². The van der Waals surface area contributed by atoms with Crippen LogP contribution in [0.4, 0.5) is 0 Å². The van der Waals surface area contributed by atoms with E-state index in [4.69, 9.17) is 4.74 Å². The lowest BCUT2D eigenvalue weighted by Crippen LogP contribution is -2.22. The Hall–Kier alpha value is -4.00. The molecule has 150 valence electrons. The molecular weight excluding hydrogens is 380 g/mol. The summed E-state index contributed by atoms with van der Waals surface area (Å²) in [6, 6.07) is 13.5. The minimum absolute atomic E-state index is 0.383. The summed E-state index contributed by atoms with van der Waals surface area (Å²) < 4.78 is 9.12. The number of nitrogens with one attached hydrogen (secondary N) is 2. The van der Waals surface area contributed by atoms with Gasteiger partial charge in [0.2, 0.25) is 0 Å². The lowest BCUT2D eigenvalue weighted by molar-refractivity contribution is -0.122. The second-order valence-electron chi connectivity index (χ2n) is 7.22. The molecule has 30 heavy (non-hydrogen) atoms. The lowest BCUT2D eigenvalue weighted by atomic mass is 9.95. The number of nitrogens with zero attached hydrogens (tertiary/aromatic N) is 2. The van der Waals surface area contributed by atoms with Crippen LogP contribution in [0.3, 0.4) is 0 Å². The Kier molecular flexibility index (Phi) is 3.92. The summed E-state index contributed by atoms with van der Waals surface area (Å²) in [5.41, 5.74) is 7.14. The number of rotatable bonds is 4. The van der Waals surface area contributed by atoms with Crippen LogP contribution in [0.5, 0.6) is 5.75 Å². The fourth-order valence-corrected chi connectivity index (χ4v) is 4.22. The van der Waals surface area contributed by atoms with Crippen LogP contribution in [-0.4, -0.2) is 35.2 Å². The first-order valence-corrected chi connectivity index (χ1v) is 9.55. The van der Waals surface area contributed by atoms with Gasteiger partial charge in [0.25, 0.3) is 11.8 Å². The molecule has 1 aliphatic heterocycles. The van der Waals surface area contributed by atoms with E-state index in [2.05, 4.69) is 10.7 Å². The maximum absolute atomic E-state index is 12.9. The molecule has 1 aliphatic rings. The number of para-hydroxylation sites is 1. The molecule has 5 rings (SSSR count). The van der Waals surface area contributed by atoms with E-state index in [1.54, 1.807) is 7.11 Å². The Morgan fingerprint density at radius 2 is 1.57 bits per heavy atom. The zero-order chi connectivity index (χ0) is 21.0. The van der Waals surface area contributed by atoms with Gasteiger partial charge >= 0.3 is 0 Å². The Morgan fingerprint density at radius 1 is 0.900 bits per heavy atom. The van der Waals surface area contributed by atoms with E-state index in [1.807, 2.05) is 78.2 Å². The van der Waals surface area contributed by atoms with Gasteiger partial charge in [0, 0.05) is 54.5 Å². The summed E-state index contributed by atoms with van der Waals surface area (Å²) in [7, 11) is 5.34. The van der Waals surface area contributed by atoms with Gasteiger partial charge in [-0.2, -0.15) is 0 Å². The van der Waals surface area contributed by atoms with Crippen molar-refractivity contribution in [3.63, 3.8) is 0 Å². The maximum atomic E-state index is 12.9. The normalized spacial score (nSPS) is 14.1. The second kappa shape index (κ2) is 6.52. The number of hydrogen-bond acceptors (Lipinski definition) is 4. The van der Waals surface area contributed by atoms with Crippen LogP contribution in [0.1, 0.15) is 11.1 Å². The van der Waals surface area contributed by atoms with Crippen LogP contribution in [0, 0.1) is 0 Å². The number of imide groups is 1. The maximum Gasteiger partial charge on any atom is 0.259 e. The van der Waals surface area contributed by atoms with Crippen LogP contribution < -0.4 is 15.5 Å². The number of aromatic nitrogens is 2. The monoisotopic (exact) mass is 400 g/mol. The van der Waals surface area contributed by atoms with Gasteiger partial charge in [0.15, 0.2) is 0 Å². The summed E-state index contributed by atoms with van der Waals surface area (Å²) in [5, 5.41) is 4.26. The average Bonchev–Trinajstić information content (AvgIpc) is 3.38. The van der Waals surface area contributed by atoms with Gasteiger partial charge < -0.3 is 14.7 Å². The quantitative estimate of drug-likeness (QED) is 0.517. The molecule has 0 saturated carbocycles. The minimum Gasteiger partial charge on any atom is -0.497 e. The Balaban J connectivity index is 1.84. The van der Waals surface area contributed by atoms with Gasteiger partial charge in [-0.15, -0.1) is 0 Å². The molecule has 0 spiro atoms. The van der Waals surface area contributed by atoms with Crippen molar-refractivity contribution in [1.82, 2.24) is 14.6 Å². The van der Waals surface area contributed by atoms with E-state index in [-0.39, 0.29) is 11.8 Å². The number of ether oxygens (including phenoxy) is 1. The number of benzene rings is 2. The highest BCUT2D eigenvalue weighted by Crippen LogP contribution is 2.39. The summed E-state index contributed by atoms with van der Waals surface area (Å²) in [4.78, 5) is 25.8. The minimum atomic E-state index is -0.389. The molecule has 7 nitrogen and oxygen atoms in total. The van der Waals surface area contributed by atoms with E-state index in [9.17, 15) is 9.59 Å². The van der Waals surface area contributed by atoms with Crippen molar-refractivity contribution in [2.45, 2.75) is 0 Å². The molecule has 0 aliphatic carbocycles. The summed E-state index contributed by atoms with van der Waals surface area (Å²) in [5.74, 6) is -0.0485. The highest BCUT2D eigenvalue weighted by atomic mass is 16.5. The SMILES string of the molecule is CNn1cc(C2=C(c3cn(C)c4cc(OC)ccc34)C(=O)NC2=O)c2ccccc21. The molecule has 0 radical (unpaired) electrons. The number of carbonyl (C=O) groups is 2. The number of fused-ring (bicyclic) bond motifs is 2. The standard InChI is InChI=1S/C23H20N4O3/c1-24-27-12-17(14-6-4-5-7-18(14)27)21-20(22(28)25-23(21)29)16-11-26(2)19-10-13(30-3)8-9-15(16)19/h4-12,24H,1-3H3,(H,25,28,29). The highest BCUT2D eigenvalue weighted by Gasteiger charge is 2.35. The molecule has 0 saturated heterocycles. The fraction of sp³-hybridized carbons (Fsp3) is 0.130.